The molecule has 5 nitrogen and oxygen atoms in total. The molecule has 0 aliphatic rings. The van der Waals surface area contributed by atoms with Crippen LogP contribution in [0, 0.1) is 17.0 Å². The van der Waals surface area contributed by atoms with Crippen molar-refractivity contribution in [2.75, 3.05) is 7.05 Å². The van der Waals surface area contributed by atoms with Crippen LogP contribution in [-0.4, -0.2) is 23.3 Å². The predicted molar refractivity (Wildman–Crippen MR) is 64.7 cm³/mol. The van der Waals surface area contributed by atoms with E-state index in [0.29, 0.717) is 11.1 Å². The van der Waals surface area contributed by atoms with Gasteiger partial charge in [-0.05, 0) is 12.5 Å². The SMILES string of the molecule is CN=Cc1cc([N+](=O)[O-])cc(C)c1O.[Cl][Zr][Cl]. The molecular weight excluding hydrogens is 346 g/mol. The monoisotopic (exact) mass is 354 g/mol. The molecule has 92 valence electrons. The van der Waals surface area contributed by atoms with E-state index in [9.17, 15) is 15.2 Å². The number of halogens is 2. The average molecular weight is 356 g/mol. The number of phenols is 1. The van der Waals surface area contributed by atoms with E-state index in [0.717, 1.165) is 0 Å². The van der Waals surface area contributed by atoms with Gasteiger partial charge in [-0.2, -0.15) is 0 Å². The molecule has 0 heterocycles. The quantitative estimate of drug-likeness (QED) is 0.503. The van der Waals surface area contributed by atoms with Crippen LogP contribution < -0.4 is 0 Å². The normalized spacial score (nSPS) is 9.65. The van der Waals surface area contributed by atoms with Gasteiger partial charge in [-0.3, -0.25) is 15.1 Å². The number of aliphatic imine (C=N–C) groups is 1. The van der Waals surface area contributed by atoms with Gasteiger partial charge in [0.15, 0.2) is 0 Å². The van der Waals surface area contributed by atoms with Crippen LogP contribution in [0.5, 0.6) is 5.75 Å². The number of nitro benzene ring substituents is 1. The van der Waals surface area contributed by atoms with Gasteiger partial charge in [0.2, 0.25) is 0 Å². The summed E-state index contributed by atoms with van der Waals surface area (Å²) in [6.45, 7) is 1.61. The van der Waals surface area contributed by atoms with Gasteiger partial charge < -0.3 is 5.11 Å². The molecule has 17 heavy (non-hydrogen) atoms. The molecule has 0 bridgehead atoms. The van der Waals surface area contributed by atoms with Crippen molar-refractivity contribution in [2.45, 2.75) is 6.92 Å². The Labute approximate surface area is 117 Å². The van der Waals surface area contributed by atoms with Crippen molar-refractivity contribution in [1.82, 2.24) is 0 Å². The maximum atomic E-state index is 10.5. The summed E-state index contributed by atoms with van der Waals surface area (Å²) >= 11 is -0.826. The van der Waals surface area contributed by atoms with Crippen LogP contribution in [0.25, 0.3) is 0 Å². The van der Waals surface area contributed by atoms with E-state index >= 15 is 0 Å². The van der Waals surface area contributed by atoms with Crippen LogP contribution in [0.1, 0.15) is 11.1 Å². The third-order valence-electron chi connectivity index (χ3n) is 1.79. The first-order valence-corrected chi connectivity index (χ1v) is 10.7. The Morgan fingerprint density at radius 1 is 1.53 bits per heavy atom. The van der Waals surface area contributed by atoms with E-state index in [2.05, 4.69) is 4.99 Å². The van der Waals surface area contributed by atoms with Gasteiger partial charge in [0.1, 0.15) is 5.75 Å². The Morgan fingerprint density at radius 3 is 2.47 bits per heavy atom. The molecule has 0 saturated carbocycles. The topological polar surface area (TPSA) is 75.7 Å². The Balaban J connectivity index is 0.000000770. The van der Waals surface area contributed by atoms with E-state index < -0.39 is 25.8 Å². The molecule has 0 saturated heterocycles. The number of nitrogens with zero attached hydrogens (tertiary/aromatic N) is 2. The van der Waals surface area contributed by atoms with E-state index in [-0.39, 0.29) is 11.4 Å². The molecule has 0 fully saturated rings. The van der Waals surface area contributed by atoms with Crippen LogP contribution in [0.4, 0.5) is 5.69 Å². The zero-order valence-electron chi connectivity index (χ0n) is 9.15. The third kappa shape index (κ3) is 5.62. The molecule has 0 aliphatic carbocycles. The van der Waals surface area contributed by atoms with Gasteiger partial charge in [-0.25, -0.2) is 0 Å². The van der Waals surface area contributed by atoms with Crippen LogP contribution >= 0.6 is 17.0 Å². The van der Waals surface area contributed by atoms with Crippen LogP contribution in [0.2, 0.25) is 0 Å². The number of phenolic OH excluding ortho intramolecular Hbond substituents is 1. The Morgan fingerprint density at radius 2 is 2.06 bits per heavy atom. The predicted octanol–water partition coefficient (Wildman–Crippen LogP) is 3.03. The molecule has 0 unspecified atom stereocenters. The summed E-state index contributed by atoms with van der Waals surface area (Å²) in [4.78, 5) is 13.7. The van der Waals surface area contributed by atoms with Crippen molar-refractivity contribution >= 4 is 28.9 Å². The first-order valence-electron chi connectivity index (χ1n) is 4.34. The molecule has 1 aromatic carbocycles. The molecule has 0 atom stereocenters. The number of hydrogen-bond acceptors (Lipinski definition) is 4. The minimum atomic E-state index is -0.826. The molecule has 0 aliphatic heterocycles. The van der Waals surface area contributed by atoms with Crippen molar-refractivity contribution in [3.8, 4) is 5.75 Å². The van der Waals surface area contributed by atoms with Crippen LogP contribution in [0.3, 0.4) is 0 Å². The summed E-state index contributed by atoms with van der Waals surface area (Å²) in [5.41, 5.74) is 0.781. The van der Waals surface area contributed by atoms with Gasteiger partial charge in [0.25, 0.3) is 5.69 Å². The minimum absolute atomic E-state index is 0.0289. The molecule has 1 N–H and O–H groups in total. The maximum absolute atomic E-state index is 10.5. The summed E-state index contributed by atoms with van der Waals surface area (Å²) in [7, 11) is 11.4. The molecule has 0 aromatic heterocycles. The Kier molecular flexibility index (Phi) is 8.39. The second-order valence-corrected chi connectivity index (χ2v) is 6.65. The second kappa shape index (κ2) is 8.62. The summed E-state index contributed by atoms with van der Waals surface area (Å²) < 4.78 is 0. The third-order valence-corrected chi connectivity index (χ3v) is 1.79. The Hall–Kier alpha value is -0.447. The van der Waals surface area contributed by atoms with E-state index in [4.69, 9.17) is 17.0 Å². The molecule has 1 aromatic rings. The van der Waals surface area contributed by atoms with Gasteiger partial charge >= 0.3 is 37.9 Å². The molecule has 0 radical (unpaired) electrons. The molecule has 1 rings (SSSR count). The average Bonchev–Trinajstić information content (AvgIpc) is 2.25. The zero-order valence-corrected chi connectivity index (χ0v) is 13.1. The van der Waals surface area contributed by atoms with Crippen LogP contribution in [0.15, 0.2) is 17.1 Å². The molecule has 0 amide bonds. The number of non-ortho nitro benzene ring substituents is 1. The van der Waals surface area contributed by atoms with Crippen LogP contribution in [-0.2, 0) is 20.8 Å². The fourth-order valence-electron chi connectivity index (χ4n) is 1.13. The fraction of sp³-hybridized carbons (Fsp3) is 0.222. The number of rotatable bonds is 2. The van der Waals surface area contributed by atoms with Gasteiger partial charge in [0.05, 0.1) is 4.92 Å². The number of nitro groups is 1. The molecular formula is C9H10Cl2N2O3Zr. The summed E-state index contributed by atoms with van der Waals surface area (Å²) in [6, 6.07) is 2.61. The zero-order chi connectivity index (χ0) is 13.4. The number of aromatic hydroxyl groups is 1. The first-order chi connectivity index (χ1) is 7.97. The van der Waals surface area contributed by atoms with Gasteiger partial charge in [0, 0.05) is 31.0 Å². The summed E-state index contributed by atoms with van der Waals surface area (Å²) in [6.07, 6.45) is 1.38. The second-order valence-electron chi connectivity index (χ2n) is 2.92. The van der Waals surface area contributed by atoms with E-state index in [1.54, 1.807) is 6.92 Å². The van der Waals surface area contributed by atoms with Crippen molar-refractivity contribution in [1.29, 1.82) is 0 Å². The number of benzene rings is 1. The number of aryl methyl sites for hydroxylation is 1. The Bertz CT molecular complexity index is 427. The van der Waals surface area contributed by atoms with Gasteiger partial charge in [-0.1, -0.05) is 0 Å². The van der Waals surface area contributed by atoms with E-state index in [1.165, 1.54) is 25.4 Å². The van der Waals surface area contributed by atoms with Gasteiger partial charge in [-0.15, -0.1) is 0 Å². The summed E-state index contributed by atoms with van der Waals surface area (Å²) in [5, 5.41) is 20.0. The van der Waals surface area contributed by atoms with E-state index in [1.807, 2.05) is 0 Å². The molecule has 0 spiro atoms. The first kappa shape index (κ1) is 16.6. The van der Waals surface area contributed by atoms with Crippen molar-refractivity contribution in [3.05, 3.63) is 33.4 Å². The van der Waals surface area contributed by atoms with Crippen molar-refractivity contribution < 1.29 is 30.9 Å². The summed E-state index contributed by atoms with van der Waals surface area (Å²) in [5.74, 6) is 0.0289. The standard InChI is InChI=1S/C9H10N2O3.2ClH.Zr/c1-6-3-8(11(13)14)4-7(5-10-2)9(6)12;;;/h3-5,12H,1-2H3;2*1H;/q;;;+2/p-2. The van der Waals surface area contributed by atoms with Crippen molar-refractivity contribution in [2.24, 2.45) is 4.99 Å². The fourth-order valence-corrected chi connectivity index (χ4v) is 1.13. The van der Waals surface area contributed by atoms with Crippen molar-refractivity contribution in [3.63, 3.8) is 0 Å². The number of hydrogen-bond donors (Lipinski definition) is 1. The molecule has 8 heteroatoms.